The number of hydrogen-bond acceptors (Lipinski definition) is 5. The average Bonchev–Trinajstić information content (AvgIpc) is 3.16. The van der Waals surface area contributed by atoms with E-state index in [9.17, 15) is 13.6 Å². The highest BCUT2D eigenvalue weighted by atomic mass is 32.1. The van der Waals surface area contributed by atoms with Crippen molar-refractivity contribution in [2.75, 3.05) is 44.3 Å². The van der Waals surface area contributed by atoms with Crippen LogP contribution in [0.25, 0.3) is 10.2 Å². The van der Waals surface area contributed by atoms with Gasteiger partial charge in [-0.3, -0.25) is 14.6 Å². The zero-order chi connectivity index (χ0) is 21.8. The number of morpholine rings is 1. The molecule has 0 radical (unpaired) electrons. The van der Waals surface area contributed by atoms with E-state index in [0.717, 1.165) is 67.8 Å². The van der Waals surface area contributed by atoms with Gasteiger partial charge in [0.2, 0.25) is 5.91 Å². The van der Waals surface area contributed by atoms with Gasteiger partial charge in [0.05, 0.1) is 24.3 Å². The zero-order valence-corrected chi connectivity index (χ0v) is 18.3. The molecule has 1 aliphatic rings. The Hall–Kier alpha value is -2.42. The lowest BCUT2D eigenvalue weighted by Crippen LogP contribution is -2.39. The van der Waals surface area contributed by atoms with Gasteiger partial charge in [-0.05, 0) is 25.0 Å². The molecular weight excluding hydrogens is 420 g/mol. The predicted octanol–water partition coefficient (Wildman–Crippen LogP) is 4.18. The van der Waals surface area contributed by atoms with Gasteiger partial charge in [0.15, 0.2) is 10.9 Å². The van der Waals surface area contributed by atoms with Gasteiger partial charge in [-0.15, -0.1) is 0 Å². The molecule has 0 atom stereocenters. The molecule has 0 bridgehead atoms. The summed E-state index contributed by atoms with van der Waals surface area (Å²) in [4.78, 5) is 21.5. The molecule has 1 fully saturated rings. The third kappa shape index (κ3) is 5.44. The van der Waals surface area contributed by atoms with Crippen molar-refractivity contribution >= 4 is 32.6 Å². The second-order valence-electron chi connectivity index (χ2n) is 7.75. The molecule has 1 aromatic heterocycles. The molecule has 4 rings (SSSR count). The van der Waals surface area contributed by atoms with E-state index < -0.39 is 11.6 Å². The fourth-order valence-corrected chi connectivity index (χ4v) is 4.81. The van der Waals surface area contributed by atoms with Crippen molar-refractivity contribution in [1.82, 2.24) is 9.88 Å². The molecule has 164 valence electrons. The van der Waals surface area contributed by atoms with Crippen molar-refractivity contribution in [3.63, 3.8) is 0 Å². The number of carbonyl (C=O) groups excluding carboxylic acids is 1. The van der Waals surface area contributed by atoms with E-state index in [1.54, 1.807) is 4.90 Å². The summed E-state index contributed by atoms with van der Waals surface area (Å²) in [5.74, 6) is -1.46. The minimum atomic E-state index is -0.711. The summed E-state index contributed by atoms with van der Waals surface area (Å²) >= 11 is 1.14. The third-order valence-electron chi connectivity index (χ3n) is 5.33. The van der Waals surface area contributed by atoms with Crippen molar-refractivity contribution in [3.8, 4) is 0 Å². The first-order valence-corrected chi connectivity index (χ1v) is 11.2. The number of nitrogens with zero attached hydrogens (tertiary/aromatic N) is 3. The van der Waals surface area contributed by atoms with Gasteiger partial charge in [0.25, 0.3) is 0 Å². The highest BCUT2D eigenvalue weighted by Crippen LogP contribution is 2.31. The minimum Gasteiger partial charge on any atom is -0.379 e. The quantitative estimate of drug-likeness (QED) is 0.547. The van der Waals surface area contributed by atoms with Crippen LogP contribution in [0.1, 0.15) is 17.5 Å². The monoisotopic (exact) mass is 445 g/mol. The van der Waals surface area contributed by atoms with Gasteiger partial charge in [-0.1, -0.05) is 41.2 Å². The van der Waals surface area contributed by atoms with Crippen LogP contribution in [0.5, 0.6) is 0 Å². The minimum absolute atomic E-state index is 0.0999. The fraction of sp³-hybridized carbons (Fsp3) is 0.391. The van der Waals surface area contributed by atoms with Crippen LogP contribution >= 0.6 is 11.3 Å². The fourth-order valence-electron chi connectivity index (χ4n) is 3.76. The summed E-state index contributed by atoms with van der Waals surface area (Å²) in [5, 5.41) is 0.402. The lowest BCUT2D eigenvalue weighted by atomic mass is 10.1. The maximum atomic E-state index is 14.2. The molecule has 2 heterocycles. The second kappa shape index (κ2) is 9.80. The predicted molar refractivity (Wildman–Crippen MR) is 119 cm³/mol. The van der Waals surface area contributed by atoms with Crippen LogP contribution in [0.2, 0.25) is 0 Å². The summed E-state index contributed by atoms with van der Waals surface area (Å²) in [6.45, 7) is 6.49. The molecule has 3 aromatic rings. The van der Waals surface area contributed by atoms with Crippen LogP contribution in [0, 0.1) is 18.6 Å². The van der Waals surface area contributed by atoms with Crippen molar-refractivity contribution < 1.29 is 18.3 Å². The molecular formula is C23H25F2N3O2S. The van der Waals surface area contributed by atoms with E-state index >= 15 is 0 Å². The lowest BCUT2D eigenvalue weighted by molar-refractivity contribution is -0.118. The lowest BCUT2D eigenvalue weighted by Gasteiger charge is -2.27. The van der Waals surface area contributed by atoms with Crippen LogP contribution in [-0.4, -0.2) is 55.2 Å². The Kier molecular flexibility index (Phi) is 6.89. The maximum Gasteiger partial charge on any atom is 0.233 e. The van der Waals surface area contributed by atoms with Crippen molar-refractivity contribution in [2.24, 2.45) is 0 Å². The number of anilines is 1. The van der Waals surface area contributed by atoms with Crippen molar-refractivity contribution in [3.05, 3.63) is 59.2 Å². The number of aromatic nitrogens is 1. The third-order valence-corrected chi connectivity index (χ3v) is 6.36. The average molecular weight is 446 g/mol. The van der Waals surface area contributed by atoms with Gasteiger partial charge < -0.3 is 4.74 Å². The Morgan fingerprint density at radius 2 is 2.03 bits per heavy atom. The Morgan fingerprint density at radius 1 is 1.23 bits per heavy atom. The van der Waals surface area contributed by atoms with Gasteiger partial charge in [-0.25, -0.2) is 13.8 Å². The molecule has 0 saturated carbocycles. The molecule has 0 aliphatic carbocycles. The van der Waals surface area contributed by atoms with Crippen LogP contribution in [0.4, 0.5) is 13.9 Å². The molecule has 31 heavy (non-hydrogen) atoms. The van der Waals surface area contributed by atoms with E-state index in [-0.39, 0.29) is 17.8 Å². The molecule has 0 N–H and O–H groups in total. The normalized spacial score (nSPS) is 14.8. The second-order valence-corrected chi connectivity index (χ2v) is 8.76. The number of fused-ring (bicyclic) bond motifs is 1. The van der Waals surface area contributed by atoms with Gasteiger partial charge in [-0.2, -0.15) is 0 Å². The zero-order valence-electron chi connectivity index (χ0n) is 17.4. The number of benzene rings is 2. The Morgan fingerprint density at radius 3 is 2.81 bits per heavy atom. The van der Waals surface area contributed by atoms with Crippen molar-refractivity contribution in [2.45, 2.75) is 19.8 Å². The number of halogens is 2. The van der Waals surface area contributed by atoms with Gasteiger partial charge >= 0.3 is 0 Å². The van der Waals surface area contributed by atoms with E-state index in [0.29, 0.717) is 16.4 Å². The first-order chi connectivity index (χ1) is 15.0. The van der Waals surface area contributed by atoms with Crippen LogP contribution < -0.4 is 4.90 Å². The molecule has 8 heteroatoms. The molecule has 1 saturated heterocycles. The molecule has 0 unspecified atom stereocenters. The van der Waals surface area contributed by atoms with E-state index in [2.05, 4.69) is 9.88 Å². The standard InChI is InChI=1S/C23H25F2N3O2S/c1-16-4-2-5-17(12-16)13-21(29)28(7-3-6-27-8-10-30-11-9-27)23-26-22-19(25)14-18(24)15-20(22)31-23/h2,4-5,12,14-15H,3,6-11,13H2,1H3. The summed E-state index contributed by atoms with van der Waals surface area (Å²) in [7, 11) is 0. The number of amides is 1. The molecule has 0 spiro atoms. The number of ether oxygens (including phenoxy) is 1. The molecule has 2 aromatic carbocycles. The number of thiazole rings is 1. The maximum absolute atomic E-state index is 14.2. The number of carbonyl (C=O) groups is 1. The molecule has 1 aliphatic heterocycles. The number of hydrogen-bond donors (Lipinski definition) is 0. The van der Waals surface area contributed by atoms with Crippen molar-refractivity contribution in [1.29, 1.82) is 0 Å². The smallest absolute Gasteiger partial charge is 0.233 e. The largest absolute Gasteiger partial charge is 0.379 e. The molecule has 5 nitrogen and oxygen atoms in total. The Balaban J connectivity index is 1.55. The first-order valence-electron chi connectivity index (χ1n) is 10.4. The van der Waals surface area contributed by atoms with Gasteiger partial charge in [0.1, 0.15) is 11.3 Å². The first kappa shape index (κ1) is 21.8. The summed E-state index contributed by atoms with van der Waals surface area (Å²) in [5.41, 5.74) is 2.10. The Bertz CT molecular complexity index is 1070. The summed E-state index contributed by atoms with van der Waals surface area (Å²) in [6, 6.07) is 9.90. The van der Waals surface area contributed by atoms with E-state index in [1.807, 2.05) is 31.2 Å². The van der Waals surface area contributed by atoms with E-state index in [1.165, 1.54) is 6.07 Å². The topological polar surface area (TPSA) is 45.7 Å². The SMILES string of the molecule is Cc1cccc(CC(=O)N(CCCN2CCOCC2)c2nc3c(F)cc(F)cc3s2)c1. The van der Waals surface area contributed by atoms with Crippen LogP contribution in [-0.2, 0) is 16.0 Å². The van der Waals surface area contributed by atoms with Gasteiger partial charge in [0, 0.05) is 32.2 Å². The Labute approximate surface area is 184 Å². The number of aryl methyl sites for hydroxylation is 1. The summed E-state index contributed by atoms with van der Waals surface area (Å²) < 4.78 is 33.6. The highest BCUT2D eigenvalue weighted by Gasteiger charge is 2.22. The van der Waals surface area contributed by atoms with Crippen LogP contribution in [0.15, 0.2) is 36.4 Å². The number of rotatable bonds is 7. The van der Waals surface area contributed by atoms with Crippen LogP contribution in [0.3, 0.4) is 0 Å². The molecule has 1 amide bonds. The highest BCUT2D eigenvalue weighted by molar-refractivity contribution is 7.22. The summed E-state index contributed by atoms with van der Waals surface area (Å²) in [6.07, 6.45) is 0.984. The van der Waals surface area contributed by atoms with E-state index in [4.69, 9.17) is 4.74 Å².